The highest BCUT2D eigenvalue weighted by Crippen LogP contribution is 2.33. The van der Waals surface area contributed by atoms with Crippen molar-refractivity contribution in [3.63, 3.8) is 0 Å². The van der Waals surface area contributed by atoms with Gasteiger partial charge in [0, 0.05) is 13.0 Å². The number of unbranched alkanes of at least 4 members (excludes halogenated alkanes) is 2. The summed E-state index contributed by atoms with van der Waals surface area (Å²) >= 11 is 8.21. The monoisotopic (exact) mass is 497 g/mol. The molecule has 9 heteroatoms. The summed E-state index contributed by atoms with van der Waals surface area (Å²) in [4.78, 5) is 31.7. The van der Waals surface area contributed by atoms with E-state index in [4.69, 9.17) is 17.0 Å². The van der Waals surface area contributed by atoms with Crippen LogP contribution in [0, 0.1) is 0 Å². The van der Waals surface area contributed by atoms with Crippen LogP contribution >= 0.6 is 35.3 Å². The molecule has 170 valence electrons. The Morgan fingerprint density at radius 1 is 1.15 bits per heavy atom. The Morgan fingerprint density at radius 2 is 1.94 bits per heavy atom. The normalized spacial score (nSPS) is 14.9. The van der Waals surface area contributed by atoms with Crippen molar-refractivity contribution in [1.29, 1.82) is 0 Å². The van der Waals surface area contributed by atoms with Gasteiger partial charge in [0.25, 0.3) is 5.91 Å². The number of benzene rings is 2. The van der Waals surface area contributed by atoms with Crippen molar-refractivity contribution in [3.8, 4) is 5.75 Å². The highest BCUT2D eigenvalue weighted by atomic mass is 32.2. The van der Waals surface area contributed by atoms with Crippen molar-refractivity contribution in [3.05, 3.63) is 59.0 Å². The predicted octanol–water partition coefficient (Wildman–Crippen LogP) is 5.71. The fraction of sp³-hybridized carbons (Fsp3) is 0.250. The topological polar surface area (TPSA) is 71.5 Å². The maximum Gasteiger partial charge on any atom is 0.266 e. The van der Waals surface area contributed by atoms with Gasteiger partial charge in [-0.1, -0.05) is 66.0 Å². The van der Waals surface area contributed by atoms with E-state index in [1.165, 1.54) is 23.1 Å². The molecular weight excluding hydrogens is 474 g/mol. The van der Waals surface area contributed by atoms with Crippen molar-refractivity contribution in [1.82, 2.24) is 9.88 Å². The lowest BCUT2D eigenvalue weighted by Gasteiger charge is -2.14. The number of anilines is 1. The first-order valence-corrected chi connectivity index (χ1v) is 12.6. The zero-order chi connectivity index (χ0) is 23.2. The molecule has 1 N–H and O–H groups in total. The minimum Gasteiger partial charge on any atom is -0.497 e. The zero-order valence-electron chi connectivity index (χ0n) is 18.1. The first-order chi connectivity index (χ1) is 16.0. The summed E-state index contributed by atoms with van der Waals surface area (Å²) in [5, 5.41) is 3.51. The molecule has 2 aromatic carbocycles. The number of amides is 2. The molecule has 0 atom stereocenters. The van der Waals surface area contributed by atoms with Crippen molar-refractivity contribution >= 4 is 72.9 Å². The third kappa shape index (κ3) is 5.98. The van der Waals surface area contributed by atoms with E-state index in [9.17, 15) is 9.59 Å². The molecule has 1 aliphatic rings. The van der Waals surface area contributed by atoms with Gasteiger partial charge in [0.05, 0.1) is 22.2 Å². The number of hydrogen-bond acceptors (Lipinski definition) is 7. The molecule has 1 aromatic heterocycles. The highest BCUT2D eigenvalue weighted by Gasteiger charge is 2.31. The second-order valence-electron chi connectivity index (χ2n) is 7.45. The maximum atomic E-state index is 12.7. The molecule has 0 unspecified atom stereocenters. The molecule has 1 fully saturated rings. The van der Waals surface area contributed by atoms with Gasteiger partial charge in [0.2, 0.25) is 5.91 Å². The van der Waals surface area contributed by atoms with Gasteiger partial charge in [-0.25, -0.2) is 4.98 Å². The van der Waals surface area contributed by atoms with Crippen LogP contribution in [0.1, 0.15) is 31.2 Å². The third-order valence-electron chi connectivity index (χ3n) is 5.11. The first kappa shape index (κ1) is 23.4. The van der Waals surface area contributed by atoms with Crippen LogP contribution < -0.4 is 10.1 Å². The average molecular weight is 498 g/mol. The Balaban J connectivity index is 1.20. The van der Waals surface area contributed by atoms with Crippen LogP contribution in [0.3, 0.4) is 0 Å². The number of aromatic nitrogens is 1. The summed E-state index contributed by atoms with van der Waals surface area (Å²) in [5.41, 5.74) is 1.82. The van der Waals surface area contributed by atoms with Crippen LogP contribution in [-0.4, -0.2) is 39.7 Å². The van der Waals surface area contributed by atoms with Crippen LogP contribution in [-0.2, 0) is 9.59 Å². The van der Waals surface area contributed by atoms with E-state index in [0.29, 0.717) is 27.3 Å². The van der Waals surface area contributed by atoms with Crippen LogP contribution in [0.2, 0.25) is 0 Å². The van der Waals surface area contributed by atoms with E-state index in [1.54, 1.807) is 12.0 Å². The molecule has 2 heterocycles. The largest absolute Gasteiger partial charge is 0.497 e. The number of carbonyl (C=O) groups excluding carboxylic acids is 2. The predicted molar refractivity (Wildman–Crippen MR) is 140 cm³/mol. The van der Waals surface area contributed by atoms with E-state index in [2.05, 4.69) is 10.3 Å². The maximum absolute atomic E-state index is 12.7. The Bertz CT molecular complexity index is 1170. The van der Waals surface area contributed by atoms with Crippen LogP contribution in [0.25, 0.3) is 16.3 Å². The minimum atomic E-state index is -0.0607. The minimum absolute atomic E-state index is 0.0397. The highest BCUT2D eigenvalue weighted by molar-refractivity contribution is 8.26. The number of thiazole rings is 1. The molecule has 3 aromatic rings. The van der Waals surface area contributed by atoms with E-state index in [1.807, 2.05) is 54.6 Å². The van der Waals surface area contributed by atoms with Gasteiger partial charge in [-0.3, -0.25) is 14.5 Å². The number of hydrogen-bond donors (Lipinski definition) is 1. The Morgan fingerprint density at radius 3 is 2.70 bits per heavy atom. The number of para-hydroxylation sites is 1. The molecule has 1 aliphatic heterocycles. The molecule has 2 amide bonds. The summed E-state index contributed by atoms with van der Waals surface area (Å²) < 4.78 is 6.80. The van der Waals surface area contributed by atoms with Gasteiger partial charge in [0.15, 0.2) is 5.13 Å². The molecule has 4 rings (SSSR count). The molecule has 33 heavy (non-hydrogen) atoms. The fourth-order valence-electron chi connectivity index (χ4n) is 3.38. The quantitative estimate of drug-likeness (QED) is 0.232. The lowest BCUT2D eigenvalue weighted by atomic mass is 10.1. The van der Waals surface area contributed by atoms with Crippen molar-refractivity contribution in [2.45, 2.75) is 25.7 Å². The lowest BCUT2D eigenvalue weighted by molar-refractivity contribution is -0.122. The summed E-state index contributed by atoms with van der Waals surface area (Å²) in [6, 6.07) is 15.3. The SMILES string of the molecule is COc1ccc(/C=C2\SC(=S)N(CCCCCC(=O)Nc3nc4ccccc4s3)C2=O)cc1. The zero-order valence-corrected chi connectivity index (χ0v) is 20.5. The van der Waals surface area contributed by atoms with Gasteiger partial charge in [-0.2, -0.15) is 0 Å². The van der Waals surface area contributed by atoms with Crippen LogP contribution in [0.15, 0.2) is 53.4 Å². The Labute approximate surface area is 206 Å². The van der Waals surface area contributed by atoms with Crippen molar-refractivity contribution in [2.24, 2.45) is 0 Å². The number of ether oxygens (including phenoxy) is 1. The Kier molecular flexibility index (Phi) is 7.74. The standard InChI is InChI=1S/C24H23N3O3S3/c1-30-17-12-10-16(11-13-17)15-20-22(29)27(24(31)33-20)14-6-2-3-9-21(28)26-23-25-18-7-4-5-8-19(18)32-23/h4-5,7-8,10-13,15H,2-3,6,9,14H2,1H3,(H,25,26,28)/b20-15-. The summed E-state index contributed by atoms with van der Waals surface area (Å²) in [7, 11) is 1.62. The van der Waals surface area contributed by atoms with Crippen LogP contribution in [0.5, 0.6) is 5.75 Å². The van der Waals surface area contributed by atoms with E-state index < -0.39 is 0 Å². The number of methoxy groups -OCH3 is 1. The fourth-order valence-corrected chi connectivity index (χ4v) is 5.57. The number of thiocarbonyl (C=S) groups is 1. The number of nitrogens with zero attached hydrogens (tertiary/aromatic N) is 2. The van der Waals surface area contributed by atoms with Crippen molar-refractivity contribution < 1.29 is 14.3 Å². The number of fused-ring (bicyclic) bond motifs is 1. The molecule has 1 saturated heterocycles. The molecule has 0 saturated carbocycles. The van der Waals surface area contributed by atoms with Gasteiger partial charge in [-0.15, -0.1) is 0 Å². The second-order valence-corrected chi connectivity index (χ2v) is 10.2. The van der Waals surface area contributed by atoms with Gasteiger partial charge in [0.1, 0.15) is 10.1 Å². The molecule has 0 spiro atoms. The first-order valence-electron chi connectivity index (χ1n) is 10.6. The van der Waals surface area contributed by atoms with Gasteiger partial charge in [-0.05, 0) is 48.7 Å². The smallest absolute Gasteiger partial charge is 0.266 e. The third-order valence-corrected chi connectivity index (χ3v) is 7.44. The average Bonchev–Trinajstić information content (AvgIpc) is 3.34. The molecule has 0 bridgehead atoms. The second kappa shape index (κ2) is 10.9. The van der Waals surface area contributed by atoms with Gasteiger partial charge >= 0.3 is 0 Å². The summed E-state index contributed by atoms with van der Waals surface area (Å²) in [6.45, 7) is 0.560. The Hall–Kier alpha value is -2.75. The van der Waals surface area contributed by atoms with Gasteiger partial charge < -0.3 is 10.1 Å². The lowest BCUT2D eigenvalue weighted by Crippen LogP contribution is -2.29. The molecular formula is C24H23N3O3S3. The van der Waals surface area contributed by atoms with E-state index in [0.717, 1.165) is 40.8 Å². The number of nitrogens with one attached hydrogen (secondary N) is 1. The van der Waals surface area contributed by atoms with Crippen LogP contribution in [0.4, 0.5) is 5.13 Å². The number of thioether (sulfide) groups is 1. The van der Waals surface area contributed by atoms with Crippen molar-refractivity contribution in [2.75, 3.05) is 19.0 Å². The van der Waals surface area contributed by atoms with E-state index in [-0.39, 0.29) is 11.8 Å². The number of carbonyl (C=O) groups is 2. The summed E-state index contributed by atoms with van der Waals surface area (Å²) in [5.74, 6) is 0.671. The summed E-state index contributed by atoms with van der Waals surface area (Å²) in [6.07, 6.45) is 4.64. The molecule has 0 radical (unpaired) electrons. The number of rotatable bonds is 9. The van der Waals surface area contributed by atoms with E-state index >= 15 is 0 Å². The molecule has 0 aliphatic carbocycles. The molecule has 6 nitrogen and oxygen atoms in total.